The third-order valence-corrected chi connectivity index (χ3v) is 4.86. The molecule has 0 radical (unpaired) electrons. The second-order valence-corrected chi connectivity index (χ2v) is 6.39. The van der Waals surface area contributed by atoms with Crippen LogP contribution in [0.3, 0.4) is 0 Å². The summed E-state index contributed by atoms with van der Waals surface area (Å²) in [7, 11) is 0. The highest BCUT2D eigenvalue weighted by atomic mass is 16.1. The average molecular weight is 344 g/mol. The number of aromatic amines is 1. The van der Waals surface area contributed by atoms with Gasteiger partial charge >= 0.3 is 0 Å². The number of hydrogen-bond acceptors (Lipinski definition) is 6. The summed E-state index contributed by atoms with van der Waals surface area (Å²) in [6.07, 6.45) is 5.18. The zero-order valence-corrected chi connectivity index (χ0v) is 14.0. The van der Waals surface area contributed by atoms with Crippen molar-refractivity contribution in [3.8, 4) is 0 Å². The van der Waals surface area contributed by atoms with Gasteiger partial charge < -0.3 is 9.88 Å². The van der Waals surface area contributed by atoms with Gasteiger partial charge in [-0.3, -0.25) is 4.79 Å². The van der Waals surface area contributed by atoms with Crippen molar-refractivity contribution in [3.63, 3.8) is 0 Å². The molecule has 5 rings (SSSR count). The number of nitrogens with one attached hydrogen (secondary N) is 1. The van der Waals surface area contributed by atoms with E-state index in [-0.39, 0.29) is 11.6 Å². The van der Waals surface area contributed by atoms with Crippen molar-refractivity contribution in [1.29, 1.82) is 0 Å². The minimum Gasteiger partial charge on any atom is -0.346 e. The molecule has 4 heterocycles. The molecule has 7 heteroatoms. The number of rotatable bonds is 2. The van der Waals surface area contributed by atoms with Gasteiger partial charge in [-0.15, -0.1) is 0 Å². The monoisotopic (exact) mass is 344 g/mol. The summed E-state index contributed by atoms with van der Waals surface area (Å²) in [6, 6.07) is 11.2. The van der Waals surface area contributed by atoms with Gasteiger partial charge in [0.25, 0.3) is 5.56 Å². The number of fused-ring (bicyclic) bond motifs is 2. The van der Waals surface area contributed by atoms with Crippen LogP contribution < -0.4 is 10.5 Å². The van der Waals surface area contributed by atoms with Crippen LogP contribution >= 0.6 is 0 Å². The van der Waals surface area contributed by atoms with Gasteiger partial charge in [0.2, 0.25) is 0 Å². The zero-order chi connectivity index (χ0) is 17.5. The summed E-state index contributed by atoms with van der Waals surface area (Å²) < 4.78 is 0. The van der Waals surface area contributed by atoms with Crippen molar-refractivity contribution in [2.45, 2.75) is 18.9 Å². The Labute approximate surface area is 148 Å². The van der Waals surface area contributed by atoms with E-state index in [1.807, 2.05) is 30.3 Å². The van der Waals surface area contributed by atoms with Crippen molar-refractivity contribution >= 4 is 27.8 Å². The molecule has 1 aliphatic heterocycles. The highest BCUT2D eigenvalue weighted by Gasteiger charge is 2.30. The quantitative estimate of drug-likeness (QED) is 0.601. The van der Waals surface area contributed by atoms with Crippen molar-refractivity contribution in [3.05, 3.63) is 65.1 Å². The van der Waals surface area contributed by atoms with Crippen LogP contribution in [0.5, 0.6) is 0 Å². The van der Waals surface area contributed by atoms with E-state index < -0.39 is 0 Å². The molecular formula is C19H16N6O. The van der Waals surface area contributed by atoms with Gasteiger partial charge in [-0.05, 0) is 37.1 Å². The third-order valence-electron chi connectivity index (χ3n) is 4.86. The summed E-state index contributed by atoms with van der Waals surface area (Å²) in [6.45, 7) is 0.849. The molecule has 128 valence electrons. The first kappa shape index (κ1) is 14.9. The molecule has 1 aliphatic rings. The highest BCUT2D eigenvalue weighted by Crippen LogP contribution is 2.36. The number of aromatic nitrogens is 5. The van der Waals surface area contributed by atoms with Gasteiger partial charge in [-0.2, -0.15) is 0 Å². The summed E-state index contributed by atoms with van der Waals surface area (Å²) in [5.41, 5.74) is 1.28. The lowest BCUT2D eigenvalue weighted by molar-refractivity contribution is 0.663. The number of benzene rings is 1. The van der Waals surface area contributed by atoms with Crippen molar-refractivity contribution in [1.82, 2.24) is 24.9 Å². The molecule has 3 aromatic heterocycles. The summed E-state index contributed by atoms with van der Waals surface area (Å²) in [4.78, 5) is 35.4. The summed E-state index contributed by atoms with van der Waals surface area (Å²) >= 11 is 0. The Bertz CT molecular complexity index is 1170. The Balaban J connectivity index is 1.64. The maximum Gasteiger partial charge on any atom is 0.258 e. The molecule has 1 atom stereocenters. The van der Waals surface area contributed by atoms with E-state index in [9.17, 15) is 4.79 Å². The van der Waals surface area contributed by atoms with E-state index in [1.54, 1.807) is 12.3 Å². The maximum absolute atomic E-state index is 12.5. The lowest BCUT2D eigenvalue weighted by Gasteiger charge is -2.25. The fourth-order valence-electron chi connectivity index (χ4n) is 3.68. The second-order valence-electron chi connectivity index (χ2n) is 6.39. The average Bonchev–Trinajstić information content (AvgIpc) is 3.17. The van der Waals surface area contributed by atoms with Gasteiger partial charge in [-0.25, -0.2) is 19.9 Å². The van der Waals surface area contributed by atoms with Crippen LogP contribution in [0.1, 0.15) is 24.7 Å². The molecule has 1 aromatic carbocycles. The molecule has 0 spiro atoms. The molecule has 0 aliphatic carbocycles. The molecule has 4 aromatic rings. The van der Waals surface area contributed by atoms with E-state index in [2.05, 4.69) is 24.8 Å². The minimum absolute atomic E-state index is 0.0226. The van der Waals surface area contributed by atoms with Gasteiger partial charge in [-0.1, -0.05) is 12.1 Å². The van der Waals surface area contributed by atoms with Crippen LogP contribution in [0.2, 0.25) is 0 Å². The topological polar surface area (TPSA) is 87.7 Å². The predicted molar refractivity (Wildman–Crippen MR) is 99.0 cm³/mol. The Morgan fingerprint density at radius 1 is 1.04 bits per heavy atom. The van der Waals surface area contributed by atoms with E-state index >= 15 is 0 Å². The van der Waals surface area contributed by atoms with Gasteiger partial charge in [0.05, 0.1) is 22.3 Å². The number of para-hydroxylation sites is 1. The van der Waals surface area contributed by atoms with Crippen LogP contribution in [0.4, 0.5) is 5.82 Å². The zero-order valence-electron chi connectivity index (χ0n) is 14.0. The van der Waals surface area contributed by atoms with Crippen LogP contribution in [0.15, 0.2) is 53.7 Å². The Kier molecular flexibility index (Phi) is 3.38. The molecule has 26 heavy (non-hydrogen) atoms. The molecule has 1 fully saturated rings. The fraction of sp³-hybridized carbons (Fsp3) is 0.211. The molecule has 1 unspecified atom stereocenters. The fourth-order valence-corrected chi connectivity index (χ4v) is 3.68. The standard InChI is InChI=1S/C19H16N6O/c26-19-12-5-1-2-7-14(12)23-17(24-19)15-8-4-10-25(15)18-13-6-3-9-20-16(13)21-11-22-18/h1-3,5-7,9,11,15H,4,8,10H2,(H,23,24,26). The number of pyridine rings is 1. The molecule has 1 N–H and O–H groups in total. The summed E-state index contributed by atoms with van der Waals surface area (Å²) in [5.74, 6) is 1.52. The van der Waals surface area contributed by atoms with E-state index in [0.717, 1.165) is 30.6 Å². The van der Waals surface area contributed by atoms with E-state index in [1.165, 1.54) is 6.33 Å². The largest absolute Gasteiger partial charge is 0.346 e. The van der Waals surface area contributed by atoms with Gasteiger partial charge in [0.1, 0.15) is 18.0 Å². The molecule has 7 nitrogen and oxygen atoms in total. The Morgan fingerprint density at radius 3 is 2.88 bits per heavy atom. The first-order chi connectivity index (χ1) is 12.8. The smallest absolute Gasteiger partial charge is 0.258 e. The highest BCUT2D eigenvalue weighted by molar-refractivity contribution is 5.86. The first-order valence-corrected chi connectivity index (χ1v) is 8.62. The molecule has 0 amide bonds. The minimum atomic E-state index is -0.105. The Morgan fingerprint density at radius 2 is 1.92 bits per heavy atom. The van der Waals surface area contributed by atoms with Crippen LogP contribution in [0, 0.1) is 0 Å². The maximum atomic E-state index is 12.5. The number of H-pyrrole nitrogens is 1. The lowest BCUT2D eigenvalue weighted by atomic mass is 10.1. The number of nitrogens with zero attached hydrogens (tertiary/aromatic N) is 5. The lowest BCUT2D eigenvalue weighted by Crippen LogP contribution is -2.27. The van der Waals surface area contributed by atoms with Crippen LogP contribution in [-0.4, -0.2) is 31.5 Å². The van der Waals surface area contributed by atoms with Gasteiger partial charge in [0, 0.05) is 12.7 Å². The molecule has 1 saturated heterocycles. The van der Waals surface area contributed by atoms with Crippen molar-refractivity contribution < 1.29 is 0 Å². The van der Waals surface area contributed by atoms with Crippen molar-refractivity contribution in [2.75, 3.05) is 11.4 Å². The van der Waals surface area contributed by atoms with E-state index in [0.29, 0.717) is 22.4 Å². The molecule has 0 bridgehead atoms. The molecule has 0 saturated carbocycles. The normalized spacial score (nSPS) is 17.2. The summed E-state index contributed by atoms with van der Waals surface area (Å²) in [5, 5.41) is 1.52. The molecular weight excluding hydrogens is 328 g/mol. The van der Waals surface area contributed by atoms with Crippen LogP contribution in [-0.2, 0) is 0 Å². The van der Waals surface area contributed by atoms with Crippen LogP contribution in [0.25, 0.3) is 21.9 Å². The third kappa shape index (κ3) is 2.32. The SMILES string of the molecule is O=c1[nH]c(C2CCCN2c2ncnc3ncccc23)nc2ccccc12. The second kappa shape index (κ2) is 5.87. The Hall–Kier alpha value is -3.35. The van der Waals surface area contributed by atoms with Gasteiger partial charge in [0.15, 0.2) is 5.65 Å². The predicted octanol–water partition coefficient (Wildman–Crippen LogP) is 2.60. The van der Waals surface area contributed by atoms with Crippen molar-refractivity contribution in [2.24, 2.45) is 0 Å². The first-order valence-electron chi connectivity index (χ1n) is 8.62. The van der Waals surface area contributed by atoms with E-state index in [4.69, 9.17) is 4.98 Å². The number of hydrogen-bond donors (Lipinski definition) is 1. The number of anilines is 1.